The Morgan fingerprint density at radius 1 is 1.19 bits per heavy atom. The zero-order valence-corrected chi connectivity index (χ0v) is 12.5. The maximum Gasteiger partial charge on any atom is 0.242 e. The first kappa shape index (κ1) is 14.5. The average Bonchev–Trinajstić information content (AvgIpc) is 2.73. The van der Waals surface area contributed by atoms with E-state index in [-0.39, 0.29) is 42.1 Å². The van der Waals surface area contributed by atoms with Crippen LogP contribution in [-0.2, 0) is 14.4 Å². The topological polar surface area (TPSA) is 69.7 Å². The molecule has 3 fully saturated rings. The molecule has 6 nitrogen and oxygen atoms in total. The molecule has 2 heterocycles. The SMILES string of the molecule is CC1CN(C(=O)CN2C(=O)C3CCCCC3C2=O)CCN1. The lowest BCUT2D eigenvalue weighted by molar-refractivity contribution is -0.147. The third-order valence-electron chi connectivity index (χ3n) is 4.95. The van der Waals surface area contributed by atoms with Crippen molar-refractivity contribution in [1.29, 1.82) is 0 Å². The van der Waals surface area contributed by atoms with E-state index in [1.165, 1.54) is 4.90 Å². The fourth-order valence-electron chi connectivity index (χ4n) is 3.78. The molecule has 1 aliphatic carbocycles. The molecule has 1 saturated carbocycles. The maximum atomic E-state index is 12.4. The van der Waals surface area contributed by atoms with Crippen LogP contribution in [0.1, 0.15) is 32.6 Å². The van der Waals surface area contributed by atoms with Crippen molar-refractivity contribution >= 4 is 17.7 Å². The second-order valence-corrected chi connectivity index (χ2v) is 6.45. The lowest BCUT2D eigenvalue weighted by atomic mass is 9.81. The molecule has 2 saturated heterocycles. The van der Waals surface area contributed by atoms with E-state index in [9.17, 15) is 14.4 Å². The highest BCUT2D eigenvalue weighted by molar-refractivity contribution is 6.07. The van der Waals surface area contributed by atoms with Crippen LogP contribution in [-0.4, -0.2) is 59.7 Å². The summed E-state index contributed by atoms with van der Waals surface area (Å²) >= 11 is 0. The zero-order chi connectivity index (χ0) is 15.0. The van der Waals surface area contributed by atoms with Crippen LogP contribution in [0.4, 0.5) is 0 Å². The highest BCUT2D eigenvalue weighted by atomic mass is 16.2. The first-order chi connectivity index (χ1) is 10.1. The van der Waals surface area contributed by atoms with Crippen molar-refractivity contribution < 1.29 is 14.4 Å². The van der Waals surface area contributed by atoms with E-state index in [0.717, 1.165) is 32.2 Å². The summed E-state index contributed by atoms with van der Waals surface area (Å²) in [5, 5.41) is 3.28. The Labute approximate surface area is 124 Å². The molecule has 0 aromatic heterocycles. The van der Waals surface area contributed by atoms with Crippen LogP contribution in [0.5, 0.6) is 0 Å². The van der Waals surface area contributed by atoms with Crippen LogP contribution in [0.3, 0.4) is 0 Å². The summed E-state index contributed by atoms with van der Waals surface area (Å²) in [6, 6.07) is 0.260. The van der Waals surface area contributed by atoms with Gasteiger partial charge >= 0.3 is 0 Å². The van der Waals surface area contributed by atoms with E-state index < -0.39 is 0 Å². The Balaban J connectivity index is 1.65. The average molecular weight is 293 g/mol. The Morgan fingerprint density at radius 2 is 1.81 bits per heavy atom. The second kappa shape index (κ2) is 5.75. The fourth-order valence-corrected chi connectivity index (χ4v) is 3.78. The standard InChI is InChI=1S/C15H23N3O3/c1-10-8-17(7-6-16-10)13(19)9-18-14(20)11-4-2-3-5-12(11)15(18)21/h10-12,16H,2-9H2,1H3. The zero-order valence-electron chi connectivity index (χ0n) is 12.5. The molecular weight excluding hydrogens is 270 g/mol. The summed E-state index contributed by atoms with van der Waals surface area (Å²) < 4.78 is 0. The Kier molecular flexibility index (Phi) is 3.97. The minimum atomic E-state index is -0.166. The van der Waals surface area contributed by atoms with Gasteiger partial charge in [-0.15, -0.1) is 0 Å². The number of rotatable bonds is 2. The number of likely N-dealkylation sites (tertiary alicyclic amines) is 1. The Morgan fingerprint density at radius 3 is 2.38 bits per heavy atom. The predicted octanol–water partition coefficient (Wildman–Crippen LogP) is -0.0181. The summed E-state index contributed by atoms with van der Waals surface area (Å²) in [6.45, 7) is 4.01. The highest BCUT2D eigenvalue weighted by Gasteiger charge is 2.48. The number of amides is 3. The number of hydrogen-bond acceptors (Lipinski definition) is 4. The van der Waals surface area contributed by atoms with Gasteiger partial charge in [0.25, 0.3) is 0 Å². The first-order valence-corrected chi connectivity index (χ1v) is 7.94. The molecule has 0 radical (unpaired) electrons. The van der Waals surface area contributed by atoms with E-state index in [0.29, 0.717) is 13.1 Å². The summed E-state index contributed by atoms with van der Waals surface area (Å²) in [5.41, 5.74) is 0. The van der Waals surface area contributed by atoms with Gasteiger partial charge in [-0.25, -0.2) is 0 Å². The number of imide groups is 1. The van der Waals surface area contributed by atoms with Gasteiger partial charge in [0, 0.05) is 25.7 Å². The first-order valence-electron chi connectivity index (χ1n) is 7.94. The van der Waals surface area contributed by atoms with E-state index in [1.807, 2.05) is 6.92 Å². The van der Waals surface area contributed by atoms with Crippen molar-refractivity contribution in [2.24, 2.45) is 11.8 Å². The quantitative estimate of drug-likeness (QED) is 0.727. The fraction of sp³-hybridized carbons (Fsp3) is 0.800. The molecule has 3 atom stereocenters. The molecule has 0 bridgehead atoms. The monoisotopic (exact) mass is 293 g/mol. The molecule has 3 unspecified atom stereocenters. The van der Waals surface area contributed by atoms with Crippen LogP contribution in [0.2, 0.25) is 0 Å². The van der Waals surface area contributed by atoms with Crippen molar-refractivity contribution in [3.63, 3.8) is 0 Å². The molecule has 3 amide bonds. The van der Waals surface area contributed by atoms with Crippen LogP contribution < -0.4 is 5.32 Å². The van der Waals surface area contributed by atoms with Gasteiger partial charge in [-0.05, 0) is 19.8 Å². The van der Waals surface area contributed by atoms with E-state index in [2.05, 4.69) is 5.32 Å². The number of carbonyl (C=O) groups is 3. The number of hydrogen-bond donors (Lipinski definition) is 1. The number of carbonyl (C=O) groups excluding carboxylic acids is 3. The van der Waals surface area contributed by atoms with Gasteiger partial charge in [0.2, 0.25) is 17.7 Å². The number of nitrogens with zero attached hydrogens (tertiary/aromatic N) is 2. The van der Waals surface area contributed by atoms with Gasteiger partial charge in [-0.2, -0.15) is 0 Å². The van der Waals surface area contributed by atoms with E-state index >= 15 is 0 Å². The van der Waals surface area contributed by atoms with Gasteiger partial charge in [0.05, 0.1) is 11.8 Å². The largest absolute Gasteiger partial charge is 0.338 e. The van der Waals surface area contributed by atoms with Crippen LogP contribution in [0.15, 0.2) is 0 Å². The molecule has 1 N–H and O–H groups in total. The Bertz CT molecular complexity index is 441. The third kappa shape index (κ3) is 2.69. The summed E-state index contributed by atoms with van der Waals surface area (Å²) in [6.07, 6.45) is 3.61. The molecule has 0 aromatic carbocycles. The number of nitrogens with one attached hydrogen (secondary N) is 1. The molecule has 0 spiro atoms. The van der Waals surface area contributed by atoms with Gasteiger partial charge < -0.3 is 10.2 Å². The highest BCUT2D eigenvalue weighted by Crippen LogP contribution is 2.37. The lowest BCUT2D eigenvalue weighted by Gasteiger charge is -2.32. The van der Waals surface area contributed by atoms with Crippen LogP contribution in [0, 0.1) is 11.8 Å². The normalized spacial score (nSPS) is 33.3. The van der Waals surface area contributed by atoms with E-state index in [1.54, 1.807) is 4.90 Å². The molecule has 116 valence electrons. The minimum Gasteiger partial charge on any atom is -0.338 e. The Hall–Kier alpha value is -1.43. The number of piperazine rings is 1. The summed E-state index contributed by atoms with van der Waals surface area (Å²) in [7, 11) is 0. The van der Waals surface area contributed by atoms with Crippen molar-refractivity contribution in [2.75, 3.05) is 26.2 Å². The molecule has 2 aliphatic heterocycles. The predicted molar refractivity (Wildman–Crippen MR) is 76.2 cm³/mol. The molecule has 3 rings (SSSR count). The molecule has 6 heteroatoms. The third-order valence-corrected chi connectivity index (χ3v) is 4.95. The van der Waals surface area contributed by atoms with Gasteiger partial charge in [-0.3, -0.25) is 19.3 Å². The van der Waals surface area contributed by atoms with Crippen LogP contribution in [0.25, 0.3) is 0 Å². The van der Waals surface area contributed by atoms with Gasteiger partial charge in [0.15, 0.2) is 0 Å². The number of fused-ring (bicyclic) bond motifs is 1. The van der Waals surface area contributed by atoms with Crippen LogP contribution >= 0.6 is 0 Å². The van der Waals surface area contributed by atoms with Crippen molar-refractivity contribution in [3.8, 4) is 0 Å². The van der Waals surface area contributed by atoms with Crippen molar-refractivity contribution in [1.82, 2.24) is 15.1 Å². The molecular formula is C15H23N3O3. The maximum absolute atomic E-state index is 12.4. The van der Waals surface area contributed by atoms with E-state index in [4.69, 9.17) is 0 Å². The molecule has 0 aromatic rings. The van der Waals surface area contributed by atoms with Gasteiger partial charge in [0.1, 0.15) is 6.54 Å². The van der Waals surface area contributed by atoms with Gasteiger partial charge in [-0.1, -0.05) is 12.8 Å². The molecule has 21 heavy (non-hydrogen) atoms. The van der Waals surface area contributed by atoms with Crippen molar-refractivity contribution in [2.45, 2.75) is 38.6 Å². The molecule has 3 aliphatic rings. The summed E-state index contributed by atoms with van der Waals surface area (Å²) in [5.74, 6) is -0.687. The minimum absolute atomic E-state index is 0.0720. The smallest absolute Gasteiger partial charge is 0.242 e. The van der Waals surface area contributed by atoms with Crippen molar-refractivity contribution in [3.05, 3.63) is 0 Å². The lowest BCUT2D eigenvalue weighted by Crippen LogP contribution is -2.54. The summed E-state index contributed by atoms with van der Waals surface area (Å²) in [4.78, 5) is 40.0. The second-order valence-electron chi connectivity index (χ2n) is 6.45.